The second kappa shape index (κ2) is 4.77. The number of nitrogens with zero attached hydrogens (tertiary/aromatic N) is 3. The molecule has 15 heavy (non-hydrogen) atoms. The molecule has 1 heterocycles. The fraction of sp³-hybridized carbons (Fsp3) is 0.455. The number of aliphatic imine (C=N–C) groups is 1. The first-order valence-electron chi connectivity index (χ1n) is 5.09. The summed E-state index contributed by atoms with van der Waals surface area (Å²) in [5, 5.41) is 6.06. The van der Waals surface area contributed by atoms with Gasteiger partial charge < -0.3 is 5.73 Å². The van der Waals surface area contributed by atoms with Crippen molar-refractivity contribution in [2.75, 3.05) is 0 Å². The Bertz CT molecular complexity index is 348. The Kier molecular flexibility index (Phi) is 3.66. The van der Waals surface area contributed by atoms with E-state index in [0.29, 0.717) is 5.84 Å². The van der Waals surface area contributed by atoms with E-state index in [1.165, 1.54) is 0 Å². The molecule has 2 N–H and O–H groups in total. The van der Waals surface area contributed by atoms with Crippen molar-refractivity contribution in [3.63, 3.8) is 0 Å². The maximum atomic E-state index is 5.79. The number of amidine groups is 1. The molecule has 0 aromatic heterocycles. The third-order valence-electron chi connectivity index (χ3n) is 2.19. The molecule has 0 amide bonds. The zero-order valence-electron chi connectivity index (χ0n) is 9.62. The topological polar surface area (TPSA) is 54.0 Å². The van der Waals surface area contributed by atoms with Crippen molar-refractivity contribution in [1.29, 1.82) is 0 Å². The van der Waals surface area contributed by atoms with Gasteiger partial charge in [0.05, 0.1) is 17.1 Å². The molecule has 0 bridgehead atoms. The minimum absolute atomic E-state index is 0.626. The van der Waals surface area contributed by atoms with E-state index in [1.807, 2.05) is 13.8 Å². The van der Waals surface area contributed by atoms with Gasteiger partial charge >= 0.3 is 0 Å². The highest BCUT2D eigenvalue weighted by Gasteiger charge is 2.15. The fourth-order valence-electron chi connectivity index (χ4n) is 1.26. The van der Waals surface area contributed by atoms with Crippen LogP contribution in [-0.2, 0) is 0 Å². The molecule has 0 fully saturated rings. The lowest BCUT2D eigenvalue weighted by molar-refractivity contribution is 0.470. The third kappa shape index (κ3) is 2.68. The zero-order chi connectivity index (χ0) is 11.4. The molecule has 0 saturated heterocycles. The van der Waals surface area contributed by atoms with Gasteiger partial charge in [-0.05, 0) is 20.3 Å². The first-order chi connectivity index (χ1) is 7.06. The van der Waals surface area contributed by atoms with Crippen LogP contribution in [-0.4, -0.2) is 16.6 Å². The Hall–Kier alpha value is -1.58. The molecule has 4 heteroatoms. The van der Waals surface area contributed by atoms with Crippen molar-refractivity contribution in [3.8, 4) is 0 Å². The summed E-state index contributed by atoms with van der Waals surface area (Å²) in [4.78, 5) is 4.20. The molecule has 1 aliphatic heterocycles. The highest BCUT2D eigenvalue weighted by Crippen LogP contribution is 2.18. The van der Waals surface area contributed by atoms with Gasteiger partial charge in [0.15, 0.2) is 0 Å². The lowest BCUT2D eigenvalue weighted by atomic mass is 10.2. The van der Waals surface area contributed by atoms with E-state index in [-0.39, 0.29) is 0 Å². The maximum Gasteiger partial charge on any atom is 0.120 e. The van der Waals surface area contributed by atoms with Crippen LogP contribution < -0.4 is 5.73 Å². The van der Waals surface area contributed by atoms with E-state index in [1.54, 1.807) is 11.2 Å². The van der Waals surface area contributed by atoms with Crippen LogP contribution in [0.15, 0.2) is 34.3 Å². The molecule has 0 spiro atoms. The number of allylic oxidation sites excluding steroid dienone is 2. The molecular formula is C11H18N4. The Morgan fingerprint density at radius 2 is 2.27 bits per heavy atom. The summed E-state index contributed by atoms with van der Waals surface area (Å²) in [6, 6.07) is 0. The second-order valence-electron chi connectivity index (χ2n) is 3.58. The Balaban J connectivity index is 2.87. The van der Waals surface area contributed by atoms with Gasteiger partial charge in [0.1, 0.15) is 5.84 Å². The molecule has 0 saturated carbocycles. The summed E-state index contributed by atoms with van der Waals surface area (Å²) in [5.74, 6) is 0.626. The molecule has 0 unspecified atom stereocenters. The number of nitrogens with two attached hydrogens (primary N) is 1. The normalized spacial score (nSPS) is 17.7. The van der Waals surface area contributed by atoms with Crippen LogP contribution >= 0.6 is 0 Å². The Morgan fingerprint density at radius 1 is 1.60 bits per heavy atom. The van der Waals surface area contributed by atoms with Crippen LogP contribution in [0.1, 0.15) is 33.6 Å². The van der Waals surface area contributed by atoms with Crippen molar-refractivity contribution < 1.29 is 0 Å². The van der Waals surface area contributed by atoms with Gasteiger partial charge in [-0.1, -0.05) is 13.5 Å². The summed E-state index contributed by atoms with van der Waals surface area (Å²) in [5.41, 5.74) is 8.38. The van der Waals surface area contributed by atoms with Crippen molar-refractivity contribution in [3.05, 3.63) is 24.2 Å². The van der Waals surface area contributed by atoms with E-state index in [0.717, 1.165) is 29.9 Å². The summed E-state index contributed by atoms with van der Waals surface area (Å²) in [7, 11) is 0. The first-order valence-corrected chi connectivity index (χ1v) is 5.09. The molecule has 1 rings (SSSR count). The van der Waals surface area contributed by atoms with Gasteiger partial charge in [-0.15, -0.1) is 0 Å². The average Bonchev–Trinajstić information content (AvgIpc) is 2.19. The SMILES string of the molecule is C=C1C(C)=NC=C(C)N1/N=C(\N)CCC. The van der Waals surface area contributed by atoms with E-state index in [9.17, 15) is 0 Å². The van der Waals surface area contributed by atoms with Crippen LogP contribution in [0.3, 0.4) is 0 Å². The summed E-state index contributed by atoms with van der Waals surface area (Å²) < 4.78 is 0. The molecule has 0 aliphatic carbocycles. The van der Waals surface area contributed by atoms with Crippen LogP contribution in [0.5, 0.6) is 0 Å². The van der Waals surface area contributed by atoms with Crippen molar-refractivity contribution >= 4 is 11.5 Å². The van der Waals surface area contributed by atoms with Gasteiger partial charge in [0, 0.05) is 12.6 Å². The van der Waals surface area contributed by atoms with Gasteiger partial charge in [0.25, 0.3) is 0 Å². The van der Waals surface area contributed by atoms with Crippen molar-refractivity contribution in [2.45, 2.75) is 33.6 Å². The molecule has 0 aromatic carbocycles. The zero-order valence-corrected chi connectivity index (χ0v) is 9.62. The summed E-state index contributed by atoms with van der Waals surface area (Å²) in [6.45, 7) is 9.85. The Morgan fingerprint density at radius 3 is 2.87 bits per heavy atom. The molecule has 1 aliphatic rings. The molecular weight excluding hydrogens is 188 g/mol. The van der Waals surface area contributed by atoms with Crippen LogP contribution in [0.2, 0.25) is 0 Å². The predicted octanol–water partition coefficient (Wildman–Crippen LogP) is 2.21. The monoisotopic (exact) mass is 206 g/mol. The fourth-order valence-corrected chi connectivity index (χ4v) is 1.26. The number of hydrazone groups is 1. The van der Waals surface area contributed by atoms with E-state index in [4.69, 9.17) is 5.73 Å². The predicted molar refractivity (Wildman–Crippen MR) is 64.4 cm³/mol. The van der Waals surface area contributed by atoms with E-state index >= 15 is 0 Å². The first kappa shape index (κ1) is 11.5. The minimum atomic E-state index is 0.626. The molecule has 4 nitrogen and oxygen atoms in total. The van der Waals surface area contributed by atoms with Crippen molar-refractivity contribution in [1.82, 2.24) is 5.01 Å². The van der Waals surface area contributed by atoms with Crippen LogP contribution in [0, 0.1) is 0 Å². The second-order valence-corrected chi connectivity index (χ2v) is 3.58. The average molecular weight is 206 g/mol. The largest absolute Gasteiger partial charge is 0.386 e. The van der Waals surface area contributed by atoms with Gasteiger partial charge in [-0.25, -0.2) is 5.01 Å². The highest BCUT2D eigenvalue weighted by molar-refractivity contribution is 5.98. The van der Waals surface area contributed by atoms with Gasteiger partial charge in [-0.3, -0.25) is 4.99 Å². The van der Waals surface area contributed by atoms with Gasteiger partial charge in [0.2, 0.25) is 0 Å². The van der Waals surface area contributed by atoms with Crippen LogP contribution in [0.25, 0.3) is 0 Å². The minimum Gasteiger partial charge on any atom is -0.386 e. The third-order valence-corrected chi connectivity index (χ3v) is 2.19. The smallest absolute Gasteiger partial charge is 0.120 e. The van der Waals surface area contributed by atoms with E-state index < -0.39 is 0 Å². The maximum absolute atomic E-state index is 5.79. The highest BCUT2D eigenvalue weighted by atomic mass is 15.5. The van der Waals surface area contributed by atoms with Gasteiger partial charge in [-0.2, -0.15) is 5.10 Å². The van der Waals surface area contributed by atoms with Crippen molar-refractivity contribution in [2.24, 2.45) is 15.8 Å². The number of hydrogen-bond acceptors (Lipinski definition) is 3. The molecule has 0 atom stereocenters. The van der Waals surface area contributed by atoms with E-state index in [2.05, 4.69) is 23.6 Å². The Labute approximate surface area is 90.9 Å². The number of rotatable bonds is 3. The lowest BCUT2D eigenvalue weighted by Crippen LogP contribution is -2.25. The summed E-state index contributed by atoms with van der Waals surface area (Å²) >= 11 is 0. The number of hydrogen-bond donors (Lipinski definition) is 1. The molecule has 0 radical (unpaired) electrons. The summed E-state index contributed by atoms with van der Waals surface area (Å²) in [6.07, 6.45) is 3.56. The standard InChI is InChI=1S/C11H18N4/c1-5-6-11(12)14-15-8(2)7-13-9(3)10(15)4/h7H,4-6H2,1-3H3,(H2,12,14). The molecule has 82 valence electrons. The van der Waals surface area contributed by atoms with Crippen LogP contribution in [0.4, 0.5) is 0 Å². The molecule has 0 aromatic rings. The quantitative estimate of drug-likeness (QED) is 0.568. The lowest BCUT2D eigenvalue weighted by Gasteiger charge is -2.24.